The van der Waals surface area contributed by atoms with E-state index in [0.717, 1.165) is 5.56 Å². The second-order valence-corrected chi connectivity index (χ2v) is 7.45. The van der Waals surface area contributed by atoms with Gasteiger partial charge in [-0.25, -0.2) is 8.42 Å². The van der Waals surface area contributed by atoms with E-state index >= 15 is 0 Å². The predicted octanol–water partition coefficient (Wildman–Crippen LogP) is 3.96. The Morgan fingerprint density at radius 3 is 2.24 bits per heavy atom. The summed E-state index contributed by atoms with van der Waals surface area (Å²) >= 11 is 11.7. The van der Waals surface area contributed by atoms with Crippen molar-refractivity contribution in [2.24, 2.45) is 0 Å². The van der Waals surface area contributed by atoms with E-state index < -0.39 is 21.4 Å². The van der Waals surface area contributed by atoms with Crippen LogP contribution in [0, 0.1) is 6.92 Å². The lowest BCUT2D eigenvalue weighted by Gasteiger charge is -2.06. The fourth-order valence-corrected chi connectivity index (χ4v) is 3.53. The molecule has 0 bridgehead atoms. The van der Waals surface area contributed by atoms with Crippen LogP contribution in [-0.2, 0) is 9.84 Å². The van der Waals surface area contributed by atoms with Crippen molar-refractivity contribution in [1.82, 2.24) is 0 Å². The van der Waals surface area contributed by atoms with E-state index in [-0.39, 0.29) is 15.5 Å². The minimum Gasteiger partial charge on any atom is -0.293 e. The molecule has 0 spiro atoms. The number of hydrogen-bond donors (Lipinski definition) is 0. The van der Waals surface area contributed by atoms with Crippen LogP contribution in [0.5, 0.6) is 0 Å². The zero-order chi connectivity index (χ0) is 15.6. The average Bonchev–Trinajstić information content (AvgIpc) is 2.38. The van der Waals surface area contributed by atoms with E-state index in [1.165, 1.54) is 30.3 Å². The highest BCUT2D eigenvalue weighted by Gasteiger charge is 2.21. The lowest BCUT2D eigenvalue weighted by molar-refractivity contribution is 0.102. The Kier molecular flexibility index (Phi) is 4.71. The monoisotopic (exact) mass is 342 g/mol. The molecule has 0 saturated heterocycles. The van der Waals surface area contributed by atoms with Crippen molar-refractivity contribution in [3.63, 3.8) is 0 Å². The molecule has 0 heterocycles. The first kappa shape index (κ1) is 16.0. The van der Waals surface area contributed by atoms with Gasteiger partial charge in [0.05, 0.1) is 9.92 Å². The number of carbonyl (C=O) groups is 1. The predicted molar refractivity (Wildman–Crippen MR) is 84.0 cm³/mol. The highest BCUT2D eigenvalue weighted by atomic mass is 35.5. The number of hydrogen-bond acceptors (Lipinski definition) is 3. The molecule has 2 aromatic carbocycles. The van der Waals surface area contributed by atoms with Crippen molar-refractivity contribution in [2.45, 2.75) is 11.8 Å². The van der Waals surface area contributed by atoms with E-state index in [4.69, 9.17) is 23.2 Å². The van der Waals surface area contributed by atoms with Crippen LogP contribution in [0.15, 0.2) is 47.4 Å². The molecule has 0 amide bonds. The minimum absolute atomic E-state index is 0.117. The Hall–Kier alpha value is -1.36. The van der Waals surface area contributed by atoms with Crippen LogP contribution in [0.25, 0.3) is 0 Å². The van der Waals surface area contributed by atoms with E-state index in [2.05, 4.69) is 0 Å². The summed E-state index contributed by atoms with van der Waals surface area (Å²) in [5.74, 6) is -1.19. The van der Waals surface area contributed by atoms with Gasteiger partial charge in [0.15, 0.2) is 15.6 Å². The number of aryl methyl sites for hydroxylation is 1. The van der Waals surface area contributed by atoms with Gasteiger partial charge in [0.2, 0.25) is 0 Å². The second-order valence-electron chi connectivity index (χ2n) is 4.62. The summed E-state index contributed by atoms with van der Waals surface area (Å²) < 4.78 is 24.4. The molecule has 0 fully saturated rings. The van der Waals surface area contributed by atoms with Crippen LogP contribution in [0.4, 0.5) is 0 Å². The number of benzene rings is 2. The van der Waals surface area contributed by atoms with Crippen LogP contribution in [0.1, 0.15) is 15.9 Å². The number of sulfone groups is 1. The number of rotatable bonds is 4. The molecule has 110 valence electrons. The molecule has 3 nitrogen and oxygen atoms in total. The quantitative estimate of drug-likeness (QED) is 0.790. The van der Waals surface area contributed by atoms with Gasteiger partial charge in [-0.1, -0.05) is 40.9 Å². The van der Waals surface area contributed by atoms with Crippen LogP contribution in [-0.4, -0.2) is 20.0 Å². The molecule has 0 aromatic heterocycles. The summed E-state index contributed by atoms with van der Waals surface area (Å²) in [6, 6.07) is 10.7. The molecule has 2 rings (SSSR count). The molecule has 6 heteroatoms. The Morgan fingerprint density at radius 1 is 1.05 bits per heavy atom. The first-order valence-corrected chi connectivity index (χ1v) is 8.48. The van der Waals surface area contributed by atoms with E-state index in [1.807, 2.05) is 6.92 Å². The first-order chi connectivity index (χ1) is 9.79. The summed E-state index contributed by atoms with van der Waals surface area (Å²) in [5, 5.41) is 0.532. The summed E-state index contributed by atoms with van der Waals surface area (Å²) in [6.07, 6.45) is 0. The number of halogens is 2. The van der Waals surface area contributed by atoms with Crippen LogP contribution in [0.3, 0.4) is 0 Å². The van der Waals surface area contributed by atoms with Gasteiger partial charge in [0.25, 0.3) is 0 Å². The summed E-state index contributed by atoms with van der Waals surface area (Å²) in [4.78, 5) is 12.2. The molecule has 0 aliphatic rings. The zero-order valence-electron chi connectivity index (χ0n) is 11.1. The van der Waals surface area contributed by atoms with Crippen molar-refractivity contribution < 1.29 is 13.2 Å². The molecule has 0 unspecified atom stereocenters. The van der Waals surface area contributed by atoms with Gasteiger partial charge in [-0.3, -0.25) is 4.79 Å². The lowest BCUT2D eigenvalue weighted by atomic mass is 10.1. The number of Topliss-reactive ketones (excluding diaryl/α,β-unsaturated/α-hetero) is 1. The van der Waals surface area contributed by atoms with Gasteiger partial charge in [-0.15, -0.1) is 0 Å². The highest BCUT2D eigenvalue weighted by Crippen LogP contribution is 2.23. The Morgan fingerprint density at radius 2 is 1.67 bits per heavy atom. The van der Waals surface area contributed by atoms with Gasteiger partial charge in [-0.05, 0) is 37.3 Å². The maximum atomic E-state index is 12.2. The third kappa shape index (κ3) is 3.84. The fraction of sp³-hybridized carbons (Fsp3) is 0.133. The molecule has 0 aliphatic heterocycles. The summed E-state index contributed by atoms with van der Waals surface area (Å²) in [7, 11) is -3.69. The van der Waals surface area contributed by atoms with Crippen LogP contribution >= 0.6 is 23.2 Å². The third-order valence-electron chi connectivity index (χ3n) is 2.93. The fourth-order valence-electron chi connectivity index (χ4n) is 1.79. The van der Waals surface area contributed by atoms with E-state index in [9.17, 15) is 13.2 Å². The van der Waals surface area contributed by atoms with Gasteiger partial charge < -0.3 is 0 Å². The maximum absolute atomic E-state index is 12.2. The van der Waals surface area contributed by atoms with E-state index in [1.54, 1.807) is 12.1 Å². The molecule has 21 heavy (non-hydrogen) atoms. The van der Waals surface area contributed by atoms with Crippen LogP contribution in [0.2, 0.25) is 10.0 Å². The molecule has 0 aliphatic carbocycles. The SMILES string of the molecule is Cc1ccc(S(=O)(=O)CC(=O)c2ccc(Cl)cc2Cl)cc1. The van der Waals surface area contributed by atoms with Crippen molar-refractivity contribution in [3.8, 4) is 0 Å². The topological polar surface area (TPSA) is 51.2 Å². The first-order valence-electron chi connectivity index (χ1n) is 6.07. The highest BCUT2D eigenvalue weighted by molar-refractivity contribution is 7.92. The van der Waals surface area contributed by atoms with Crippen molar-refractivity contribution >= 4 is 38.8 Å². The average molecular weight is 343 g/mol. The zero-order valence-corrected chi connectivity index (χ0v) is 13.5. The Balaban J connectivity index is 2.28. The van der Waals surface area contributed by atoms with E-state index in [0.29, 0.717) is 5.02 Å². The molecule has 0 saturated carbocycles. The lowest BCUT2D eigenvalue weighted by Crippen LogP contribution is -2.16. The summed E-state index contributed by atoms with van der Waals surface area (Å²) in [6.45, 7) is 1.86. The molecular weight excluding hydrogens is 331 g/mol. The van der Waals surface area contributed by atoms with Gasteiger partial charge in [-0.2, -0.15) is 0 Å². The molecule has 0 radical (unpaired) electrons. The summed E-state index contributed by atoms with van der Waals surface area (Å²) in [5.41, 5.74) is 1.10. The normalized spacial score (nSPS) is 11.4. The second kappa shape index (κ2) is 6.18. The smallest absolute Gasteiger partial charge is 0.185 e. The molecule has 0 atom stereocenters. The van der Waals surface area contributed by atoms with Gasteiger partial charge in [0.1, 0.15) is 5.75 Å². The number of carbonyl (C=O) groups excluding carboxylic acids is 1. The van der Waals surface area contributed by atoms with Crippen LogP contribution < -0.4 is 0 Å². The van der Waals surface area contributed by atoms with Gasteiger partial charge in [0, 0.05) is 10.6 Å². The van der Waals surface area contributed by atoms with Crippen molar-refractivity contribution in [1.29, 1.82) is 0 Å². The minimum atomic E-state index is -3.69. The largest absolute Gasteiger partial charge is 0.293 e. The third-order valence-corrected chi connectivity index (χ3v) is 5.11. The van der Waals surface area contributed by atoms with Crippen molar-refractivity contribution in [3.05, 3.63) is 63.6 Å². The number of ketones is 1. The standard InChI is InChI=1S/C15H12Cl2O3S/c1-10-2-5-12(6-3-10)21(19,20)9-15(18)13-7-4-11(16)8-14(13)17/h2-8H,9H2,1H3. The Labute approximate surface area is 133 Å². The molecular formula is C15H12Cl2O3S. The maximum Gasteiger partial charge on any atom is 0.185 e. The Bertz CT molecular complexity index is 781. The molecule has 0 N–H and O–H groups in total. The van der Waals surface area contributed by atoms with Crippen molar-refractivity contribution in [2.75, 3.05) is 5.75 Å². The van der Waals surface area contributed by atoms with Gasteiger partial charge >= 0.3 is 0 Å². The molecule has 2 aromatic rings.